The molecule has 0 radical (unpaired) electrons. The number of imidazole rings is 1. The molecule has 5 nitrogen and oxygen atoms in total. The molecule has 0 aliphatic rings. The van der Waals surface area contributed by atoms with Gasteiger partial charge in [-0.25, -0.2) is 4.98 Å². The normalized spacial score (nSPS) is 14.0. The van der Waals surface area contributed by atoms with Crippen molar-refractivity contribution in [2.75, 3.05) is 14.2 Å². The van der Waals surface area contributed by atoms with Gasteiger partial charge in [-0.15, -0.1) is 0 Å². The Labute approximate surface area is 147 Å². The van der Waals surface area contributed by atoms with E-state index in [1.54, 1.807) is 26.7 Å². The van der Waals surface area contributed by atoms with Gasteiger partial charge in [0.05, 0.1) is 25.7 Å². The molecule has 25 heavy (non-hydrogen) atoms. The third-order valence-corrected chi connectivity index (χ3v) is 4.76. The number of aliphatic hydroxyl groups is 1. The average Bonchev–Trinajstić information content (AvgIpc) is 3.16. The van der Waals surface area contributed by atoms with Crippen LogP contribution in [0.3, 0.4) is 0 Å². The molecule has 5 heteroatoms. The molecular weight excluding hydrogens is 316 g/mol. The van der Waals surface area contributed by atoms with Crippen LogP contribution in [0.2, 0.25) is 0 Å². The summed E-state index contributed by atoms with van der Waals surface area (Å²) in [6, 6.07) is 9.92. The van der Waals surface area contributed by atoms with Gasteiger partial charge in [-0.05, 0) is 34.4 Å². The van der Waals surface area contributed by atoms with E-state index in [-0.39, 0.29) is 5.92 Å². The Balaban J connectivity index is 2.18. The van der Waals surface area contributed by atoms with Crippen LogP contribution in [0, 0.1) is 5.92 Å². The first-order chi connectivity index (χ1) is 12.0. The third-order valence-electron chi connectivity index (χ3n) is 4.76. The van der Waals surface area contributed by atoms with Crippen LogP contribution in [0.1, 0.15) is 30.7 Å². The molecule has 3 aromatic rings. The van der Waals surface area contributed by atoms with Gasteiger partial charge >= 0.3 is 0 Å². The van der Waals surface area contributed by atoms with Crippen LogP contribution < -0.4 is 4.74 Å². The minimum absolute atomic E-state index is 0.0371. The topological polar surface area (TPSA) is 67.4 Å². The van der Waals surface area contributed by atoms with E-state index < -0.39 is 5.60 Å². The molecule has 0 fully saturated rings. The highest BCUT2D eigenvalue weighted by molar-refractivity contribution is 5.88. The molecule has 0 spiro atoms. The molecule has 3 rings (SSSR count). The number of H-pyrrole nitrogens is 1. The molecule has 1 unspecified atom stereocenters. The summed E-state index contributed by atoms with van der Waals surface area (Å²) < 4.78 is 10.8. The molecule has 0 aliphatic carbocycles. The van der Waals surface area contributed by atoms with Crippen molar-refractivity contribution in [3.05, 3.63) is 59.7 Å². The lowest BCUT2D eigenvalue weighted by Gasteiger charge is -2.31. The van der Waals surface area contributed by atoms with Crippen molar-refractivity contribution in [2.24, 2.45) is 5.92 Å². The Bertz CT molecular complexity index is 859. The highest BCUT2D eigenvalue weighted by Gasteiger charge is 2.37. The zero-order chi connectivity index (χ0) is 18.0. The quantitative estimate of drug-likeness (QED) is 0.719. The Morgan fingerprint density at radius 3 is 2.60 bits per heavy atom. The van der Waals surface area contributed by atoms with Gasteiger partial charge in [-0.1, -0.05) is 32.0 Å². The van der Waals surface area contributed by atoms with E-state index in [1.165, 1.54) is 0 Å². The summed E-state index contributed by atoms with van der Waals surface area (Å²) in [5, 5.41) is 13.5. The van der Waals surface area contributed by atoms with Crippen molar-refractivity contribution in [3.63, 3.8) is 0 Å². The number of methoxy groups -OCH3 is 2. The van der Waals surface area contributed by atoms with Gasteiger partial charge in [0, 0.05) is 18.9 Å². The smallest absolute Gasteiger partial charge is 0.135 e. The number of aromatic amines is 1. The van der Waals surface area contributed by atoms with E-state index in [4.69, 9.17) is 9.47 Å². The molecular formula is C20H24N2O3. The van der Waals surface area contributed by atoms with Crippen molar-refractivity contribution < 1.29 is 14.6 Å². The summed E-state index contributed by atoms with van der Waals surface area (Å²) in [6.07, 6.45) is 3.33. The van der Waals surface area contributed by atoms with Crippen LogP contribution in [0.15, 0.2) is 42.9 Å². The Morgan fingerprint density at radius 1 is 1.20 bits per heavy atom. The maximum absolute atomic E-state index is 11.4. The summed E-state index contributed by atoms with van der Waals surface area (Å²) in [5.41, 5.74) is 1.28. The summed E-state index contributed by atoms with van der Waals surface area (Å²) in [7, 11) is 3.32. The molecule has 2 N–H and O–H groups in total. The number of rotatable bonds is 6. The number of nitrogens with one attached hydrogen (secondary N) is 1. The second-order valence-corrected chi connectivity index (χ2v) is 6.49. The molecule has 1 heterocycles. The standard InChI is InChI=1S/C20H24N2O3/c1-13(2)20(23,19-10-21-12-22-19)15-6-7-16-14(9-15)5-8-18(25-4)17(16)11-24-3/h5-10,12-13,23H,11H2,1-4H3,(H,21,22). The number of hydrogen-bond donors (Lipinski definition) is 2. The number of aromatic nitrogens is 2. The second kappa shape index (κ2) is 6.86. The Morgan fingerprint density at radius 2 is 2.00 bits per heavy atom. The summed E-state index contributed by atoms with van der Waals surface area (Å²) in [4.78, 5) is 7.23. The van der Waals surface area contributed by atoms with Gasteiger partial charge in [0.1, 0.15) is 11.4 Å². The molecule has 1 atom stereocenters. The monoisotopic (exact) mass is 340 g/mol. The van der Waals surface area contributed by atoms with Gasteiger partial charge in [0.15, 0.2) is 0 Å². The Kier molecular flexibility index (Phi) is 4.79. The second-order valence-electron chi connectivity index (χ2n) is 6.49. The van der Waals surface area contributed by atoms with Crippen LogP contribution in [-0.4, -0.2) is 29.3 Å². The zero-order valence-corrected chi connectivity index (χ0v) is 15.0. The molecule has 2 aromatic carbocycles. The minimum Gasteiger partial charge on any atom is -0.496 e. The highest BCUT2D eigenvalue weighted by atomic mass is 16.5. The molecule has 1 aromatic heterocycles. The van der Waals surface area contributed by atoms with Gasteiger partial charge in [0.2, 0.25) is 0 Å². The molecule has 132 valence electrons. The fraction of sp³-hybridized carbons (Fsp3) is 0.350. The van der Waals surface area contributed by atoms with E-state index in [9.17, 15) is 5.11 Å². The fourth-order valence-corrected chi connectivity index (χ4v) is 3.34. The van der Waals surface area contributed by atoms with Crippen LogP contribution in [0.4, 0.5) is 0 Å². The van der Waals surface area contributed by atoms with Gasteiger partial charge < -0.3 is 19.6 Å². The predicted molar refractivity (Wildman–Crippen MR) is 97.6 cm³/mol. The molecule has 0 bridgehead atoms. The number of nitrogens with zero attached hydrogens (tertiary/aromatic N) is 1. The van der Waals surface area contributed by atoms with E-state index >= 15 is 0 Å². The first-order valence-electron chi connectivity index (χ1n) is 8.33. The van der Waals surface area contributed by atoms with Crippen molar-refractivity contribution in [3.8, 4) is 5.75 Å². The molecule has 0 aliphatic heterocycles. The van der Waals surface area contributed by atoms with Gasteiger partial charge in [0.25, 0.3) is 0 Å². The van der Waals surface area contributed by atoms with Crippen LogP contribution >= 0.6 is 0 Å². The number of fused-ring (bicyclic) bond motifs is 1. The highest BCUT2D eigenvalue weighted by Crippen LogP contribution is 2.38. The first kappa shape index (κ1) is 17.5. The van der Waals surface area contributed by atoms with Gasteiger partial charge in [-0.3, -0.25) is 0 Å². The first-order valence-corrected chi connectivity index (χ1v) is 8.33. The van der Waals surface area contributed by atoms with E-state index in [0.717, 1.165) is 27.6 Å². The van der Waals surface area contributed by atoms with E-state index in [2.05, 4.69) is 9.97 Å². The summed E-state index contributed by atoms with van der Waals surface area (Å²) in [6.45, 7) is 4.44. The fourth-order valence-electron chi connectivity index (χ4n) is 3.34. The van der Waals surface area contributed by atoms with Crippen molar-refractivity contribution >= 4 is 10.8 Å². The maximum atomic E-state index is 11.4. The van der Waals surface area contributed by atoms with E-state index in [0.29, 0.717) is 12.3 Å². The van der Waals surface area contributed by atoms with E-state index in [1.807, 2.05) is 44.2 Å². The van der Waals surface area contributed by atoms with Crippen LogP contribution in [0.25, 0.3) is 10.8 Å². The van der Waals surface area contributed by atoms with Crippen molar-refractivity contribution in [1.29, 1.82) is 0 Å². The third kappa shape index (κ3) is 2.90. The van der Waals surface area contributed by atoms with Crippen molar-refractivity contribution in [1.82, 2.24) is 9.97 Å². The zero-order valence-electron chi connectivity index (χ0n) is 15.0. The molecule has 0 amide bonds. The molecule has 0 saturated heterocycles. The largest absolute Gasteiger partial charge is 0.496 e. The lowest BCUT2D eigenvalue weighted by Crippen LogP contribution is -2.33. The van der Waals surface area contributed by atoms with Crippen LogP contribution in [0.5, 0.6) is 5.75 Å². The minimum atomic E-state index is -1.16. The molecule has 0 saturated carbocycles. The summed E-state index contributed by atoms with van der Waals surface area (Å²) >= 11 is 0. The lowest BCUT2D eigenvalue weighted by molar-refractivity contribution is 0.0281. The summed E-state index contributed by atoms with van der Waals surface area (Å²) in [5.74, 6) is 0.762. The average molecular weight is 340 g/mol. The lowest BCUT2D eigenvalue weighted by atomic mass is 9.80. The van der Waals surface area contributed by atoms with Crippen LogP contribution in [-0.2, 0) is 16.9 Å². The number of ether oxygens (including phenoxy) is 2. The van der Waals surface area contributed by atoms with Gasteiger partial charge in [-0.2, -0.15) is 0 Å². The Hall–Kier alpha value is -2.37. The predicted octanol–water partition coefficient (Wildman–Crippen LogP) is 3.61. The maximum Gasteiger partial charge on any atom is 0.135 e. The number of hydrogen-bond acceptors (Lipinski definition) is 4. The SMILES string of the molecule is COCc1c(OC)ccc2cc(C(O)(c3c[nH]cn3)C(C)C)ccc12. The number of benzene rings is 2. The van der Waals surface area contributed by atoms with Crippen molar-refractivity contribution in [2.45, 2.75) is 26.1 Å².